The minimum Gasteiger partial charge on any atom is -0.481 e. The van der Waals surface area contributed by atoms with Gasteiger partial charge in [-0.3, -0.25) is 4.79 Å². The lowest BCUT2D eigenvalue weighted by Gasteiger charge is -2.38. The third-order valence-electron chi connectivity index (χ3n) is 4.54. The van der Waals surface area contributed by atoms with Crippen LogP contribution in [0.5, 0.6) is 0 Å². The van der Waals surface area contributed by atoms with Gasteiger partial charge in [0.15, 0.2) is 0 Å². The summed E-state index contributed by atoms with van der Waals surface area (Å²) in [5, 5.41) is 9.00. The van der Waals surface area contributed by atoms with E-state index in [1.54, 1.807) is 12.1 Å². The summed E-state index contributed by atoms with van der Waals surface area (Å²) in [5.74, 6) is -1.28. The molecule has 0 bridgehead atoms. The van der Waals surface area contributed by atoms with Gasteiger partial charge in [-0.15, -0.1) is 0 Å². The highest BCUT2D eigenvalue weighted by Crippen LogP contribution is 2.32. The fourth-order valence-electron chi connectivity index (χ4n) is 2.92. The monoisotopic (exact) mass is 327 g/mol. The zero-order chi connectivity index (χ0) is 17.5. The lowest BCUT2D eigenvalue weighted by atomic mass is 9.85. The molecule has 3 nitrogen and oxygen atoms in total. The van der Waals surface area contributed by atoms with Gasteiger partial charge < -0.3 is 10.0 Å². The molecule has 2 aromatic rings. The number of aliphatic carboxylic acids is 1. The van der Waals surface area contributed by atoms with E-state index in [9.17, 15) is 9.18 Å². The summed E-state index contributed by atoms with van der Waals surface area (Å²) in [5.41, 5.74) is 3.60. The molecule has 0 saturated carbocycles. The zero-order valence-electron chi connectivity index (χ0n) is 14.2. The van der Waals surface area contributed by atoms with E-state index in [4.69, 9.17) is 5.11 Å². The van der Waals surface area contributed by atoms with Crippen LogP contribution in [0.15, 0.2) is 42.5 Å². The smallest absolute Gasteiger partial charge is 0.310 e. The van der Waals surface area contributed by atoms with Gasteiger partial charge >= 0.3 is 5.97 Å². The molecule has 0 atom stereocenters. The van der Waals surface area contributed by atoms with Gasteiger partial charge in [0.2, 0.25) is 0 Å². The zero-order valence-corrected chi connectivity index (χ0v) is 14.2. The molecular formula is C20H22FNO2. The third-order valence-corrected chi connectivity index (χ3v) is 4.54. The Bertz CT molecular complexity index is 773. The van der Waals surface area contributed by atoms with E-state index in [0.29, 0.717) is 13.1 Å². The largest absolute Gasteiger partial charge is 0.481 e. The average molecular weight is 327 g/mol. The van der Waals surface area contributed by atoms with E-state index in [1.165, 1.54) is 0 Å². The van der Waals surface area contributed by atoms with Crippen molar-refractivity contribution in [3.05, 3.63) is 53.8 Å². The van der Waals surface area contributed by atoms with Crippen molar-refractivity contribution in [2.45, 2.75) is 26.2 Å². The van der Waals surface area contributed by atoms with Gasteiger partial charge in [-0.05, 0) is 46.4 Å². The summed E-state index contributed by atoms with van der Waals surface area (Å²) in [6.45, 7) is 7.24. The van der Waals surface area contributed by atoms with Crippen LogP contribution in [0.25, 0.3) is 11.1 Å². The van der Waals surface area contributed by atoms with Crippen molar-refractivity contribution in [3.8, 4) is 11.1 Å². The number of carboxylic acids is 1. The number of nitrogens with zero attached hydrogens (tertiary/aromatic N) is 1. The van der Waals surface area contributed by atoms with E-state index >= 15 is 0 Å². The lowest BCUT2D eigenvalue weighted by Crippen LogP contribution is -2.50. The van der Waals surface area contributed by atoms with E-state index in [0.717, 1.165) is 22.4 Å². The van der Waals surface area contributed by atoms with Crippen LogP contribution in [0, 0.1) is 11.7 Å². The molecule has 2 aromatic carbocycles. The summed E-state index contributed by atoms with van der Waals surface area (Å²) in [7, 11) is 0. The Balaban J connectivity index is 1.90. The molecule has 0 unspecified atom stereocenters. The van der Waals surface area contributed by atoms with Crippen molar-refractivity contribution in [1.82, 2.24) is 0 Å². The highest BCUT2D eigenvalue weighted by atomic mass is 19.1. The maximum Gasteiger partial charge on any atom is 0.310 e. The molecule has 0 radical (unpaired) electrons. The molecule has 0 aliphatic carbocycles. The molecule has 24 heavy (non-hydrogen) atoms. The number of anilines is 1. The number of carboxylic acid groups (broad SMARTS) is 1. The molecule has 0 amide bonds. The van der Waals surface area contributed by atoms with Gasteiger partial charge in [-0.25, -0.2) is 4.39 Å². The molecule has 1 heterocycles. The SMILES string of the molecule is CC(C)(C)c1cc(F)cc(-c2cccc(N3CC(C(=O)O)C3)c2)c1. The van der Waals surface area contributed by atoms with Crippen LogP contribution in [0.4, 0.5) is 10.1 Å². The Hall–Kier alpha value is -2.36. The third kappa shape index (κ3) is 3.28. The van der Waals surface area contributed by atoms with Crippen molar-refractivity contribution in [3.63, 3.8) is 0 Å². The molecule has 4 heteroatoms. The highest BCUT2D eigenvalue weighted by molar-refractivity contribution is 5.76. The van der Waals surface area contributed by atoms with Crippen molar-refractivity contribution in [2.24, 2.45) is 5.92 Å². The molecule has 126 valence electrons. The molecule has 0 aromatic heterocycles. The Kier molecular flexibility index (Phi) is 4.08. The summed E-state index contributed by atoms with van der Waals surface area (Å²) in [4.78, 5) is 13.0. The van der Waals surface area contributed by atoms with Gasteiger partial charge in [0, 0.05) is 18.8 Å². The van der Waals surface area contributed by atoms with Crippen molar-refractivity contribution < 1.29 is 14.3 Å². The summed E-state index contributed by atoms with van der Waals surface area (Å²) >= 11 is 0. The normalized spacial score (nSPS) is 15.2. The Morgan fingerprint density at radius 3 is 2.46 bits per heavy atom. The fraction of sp³-hybridized carbons (Fsp3) is 0.350. The van der Waals surface area contributed by atoms with Gasteiger partial charge in [0.25, 0.3) is 0 Å². The molecule has 1 fully saturated rings. The van der Waals surface area contributed by atoms with Crippen molar-refractivity contribution in [2.75, 3.05) is 18.0 Å². The second-order valence-corrected chi connectivity index (χ2v) is 7.47. The summed E-state index contributed by atoms with van der Waals surface area (Å²) in [6, 6.07) is 13.0. The van der Waals surface area contributed by atoms with Crippen molar-refractivity contribution in [1.29, 1.82) is 0 Å². The van der Waals surface area contributed by atoms with Crippen LogP contribution in [-0.4, -0.2) is 24.2 Å². The molecular weight excluding hydrogens is 305 g/mol. The molecule has 3 rings (SSSR count). The summed E-state index contributed by atoms with van der Waals surface area (Å²) < 4.78 is 14.0. The predicted octanol–water partition coefficient (Wildman–Crippen LogP) is 4.31. The number of rotatable bonds is 3. The quantitative estimate of drug-likeness (QED) is 0.913. The Morgan fingerprint density at radius 2 is 1.83 bits per heavy atom. The maximum absolute atomic E-state index is 14.0. The molecule has 1 aliphatic heterocycles. The Morgan fingerprint density at radius 1 is 1.12 bits per heavy atom. The maximum atomic E-state index is 14.0. The minimum atomic E-state index is -0.748. The van der Waals surface area contributed by atoms with Gasteiger partial charge in [-0.1, -0.05) is 39.0 Å². The van der Waals surface area contributed by atoms with Crippen LogP contribution in [0.2, 0.25) is 0 Å². The van der Waals surface area contributed by atoms with E-state index in [1.807, 2.05) is 35.2 Å². The lowest BCUT2D eigenvalue weighted by molar-refractivity contribution is -0.142. The van der Waals surface area contributed by atoms with Crippen LogP contribution < -0.4 is 4.90 Å². The number of carbonyl (C=O) groups is 1. The minimum absolute atomic E-state index is 0.124. The predicted molar refractivity (Wildman–Crippen MR) is 93.9 cm³/mol. The first-order valence-electron chi connectivity index (χ1n) is 8.13. The van der Waals surface area contributed by atoms with Crippen LogP contribution in [0.3, 0.4) is 0 Å². The number of hydrogen-bond acceptors (Lipinski definition) is 2. The topological polar surface area (TPSA) is 40.5 Å². The van der Waals surface area contributed by atoms with Gasteiger partial charge in [0.05, 0.1) is 5.92 Å². The van der Waals surface area contributed by atoms with E-state index in [-0.39, 0.29) is 17.2 Å². The average Bonchev–Trinajstić information content (AvgIpc) is 2.44. The van der Waals surface area contributed by atoms with Crippen molar-refractivity contribution >= 4 is 11.7 Å². The molecule has 1 saturated heterocycles. The number of benzene rings is 2. The molecule has 0 spiro atoms. The second-order valence-electron chi connectivity index (χ2n) is 7.47. The summed E-state index contributed by atoms with van der Waals surface area (Å²) in [6.07, 6.45) is 0. The van der Waals surface area contributed by atoms with Crippen LogP contribution in [0.1, 0.15) is 26.3 Å². The standard InChI is InChI=1S/C20H22FNO2/c1-20(2,3)16-7-14(8-17(21)10-16)13-5-4-6-18(9-13)22-11-15(12-22)19(23)24/h4-10,15H,11-12H2,1-3H3,(H,23,24). The first kappa shape index (κ1) is 16.5. The molecule has 1 aliphatic rings. The van der Waals surface area contributed by atoms with Gasteiger partial charge in [-0.2, -0.15) is 0 Å². The highest BCUT2D eigenvalue weighted by Gasteiger charge is 2.32. The van der Waals surface area contributed by atoms with Gasteiger partial charge in [0.1, 0.15) is 5.82 Å². The van der Waals surface area contributed by atoms with Crippen LogP contribution >= 0.6 is 0 Å². The first-order chi connectivity index (χ1) is 11.2. The van der Waals surface area contributed by atoms with E-state index < -0.39 is 5.97 Å². The van der Waals surface area contributed by atoms with Crippen LogP contribution in [-0.2, 0) is 10.2 Å². The number of halogens is 1. The first-order valence-corrected chi connectivity index (χ1v) is 8.13. The molecule has 1 N–H and O–H groups in total. The fourth-order valence-corrected chi connectivity index (χ4v) is 2.92. The second kappa shape index (κ2) is 5.93. The Labute approximate surface area is 141 Å². The number of hydrogen-bond donors (Lipinski definition) is 1. The van der Waals surface area contributed by atoms with E-state index in [2.05, 4.69) is 20.8 Å².